The van der Waals surface area contributed by atoms with E-state index in [1.807, 2.05) is 13.8 Å². The summed E-state index contributed by atoms with van der Waals surface area (Å²) in [7, 11) is 0. The fourth-order valence-corrected chi connectivity index (χ4v) is 1.99. The third-order valence-electron chi connectivity index (χ3n) is 2.99. The number of hydrogen-bond donors (Lipinski definition) is 1. The van der Waals surface area contributed by atoms with Crippen molar-refractivity contribution in [2.75, 3.05) is 26.3 Å². The zero-order valence-corrected chi connectivity index (χ0v) is 9.77. The van der Waals surface area contributed by atoms with E-state index in [9.17, 15) is 0 Å². The summed E-state index contributed by atoms with van der Waals surface area (Å²) >= 11 is 0. The maximum atomic E-state index is 9.06. The highest BCUT2D eigenvalue weighted by atomic mass is 16.5. The molecular formula is C11H18N2O3. The first-order valence-electron chi connectivity index (χ1n) is 5.57. The van der Waals surface area contributed by atoms with Gasteiger partial charge in [0, 0.05) is 25.2 Å². The van der Waals surface area contributed by atoms with Crippen LogP contribution < -0.4 is 0 Å². The van der Waals surface area contributed by atoms with Crippen LogP contribution in [-0.2, 0) is 11.3 Å². The second-order valence-electron chi connectivity index (χ2n) is 4.21. The Balaban J connectivity index is 1.99. The van der Waals surface area contributed by atoms with Gasteiger partial charge in [0.15, 0.2) is 0 Å². The Bertz CT molecular complexity index is 331. The van der Waals surface area contributed by atoms with Gasteiger partial charge in [0.05, 0.1) is 25.0 Å². The summed E-state index contributed by atoms with van der Waals surface area (Å²) in [5.41, 5.74) is 2.10. The predicted molar refractivity (Wildman–Crippen MR) is 58.1 cm³/mol. The van der Waals surface area contributed by atoms with Crippen LogP contribution in [0.4, 0.5) is 0 Å². The molecule has 1 unspecified atom stereocenters. The van der Waals surface area contributed by atoms with Gasteiger partial charge in [-0.15, -0.1) is 0 Å². The van der Waals surface area contributed by atoms with Gasteiger partial charge in [-0.3, -0.25) is 4.90 Å². The molecular weight excluding hydrogens is 208 g/mol. The third kappa shape index (κ3) is 2.42. The quantitative estimate of drug-likeness (QED) is 0.812. The molecule has 1 aromatic rings. The summed E-state index contributed by atoms with van der Waals surface area (Å²) in [5, 5.41) is 13.0. The van der Waals surface area contributed by atoms with Crippen molar-refractivity contribution in [1.29, 1.82) is 0 Å². The van der Waals surface area contributed by atoms with E-state index in [1.54, 1.807) is 0 Å². The molecule has 1 aliphatic heterocycles. The Hall–Kier alpha value is -0.910. The number of aliphatic hydroxyl groups is 1. The van der Waals surface area contributed by atoms with Crippen molar-refractivity contribution >= 4 is 0 Å². The van der Waals surface area contributed by atoms with Crippen LogP contribution in [-0.4, -0.2) is 47.6 Å². The lowest BCUT2D eigenvalue weighted by Gasteiger charge is -2.31. The predicted octanol–water partition coefficient (Wildman–Crippen LogP) is 0.485. The van der Waals surface area contributed by atoms with Crippen LogP contribution in [0.5, 0.6) is 0 Å². The second kappa shape index (κ2) is 4.95. The minimum Gasteiger partial charge on any atom is -0.394 e. The topological polar surface area (TPSA) is 58.7 Å². The second-order valence-corrected chi connectivity index (χ2v) is 4.21. The van der Waals surface area contributed by atoms with Crippen molar-refractivity contribution in [3.63, 3.8) is 0 Å². The SMILES string of the molecule is Cc1noc(C)c1CN1CCOC(CO)C1. The maximum absolute atomic E-state index is 9.06. The molecule has 0 radical (unpaired) electrons. The van der Waals surface area contributed by atoms with E-state index in [2.05, 4.69) is 10.1 Å². The van der Waals surface area contributed by atoms with Gasteiger partial charge < -0.3 is 14.4 Å². The lowest BCUT2D eigenvalue weighted by atomic mass is 10.1. The molecule has 0 bridgehead atoms. The summed E-state index contributed by atoms with van der Waals surface area (Å²) in [4.78, 5) is 2.26. The molecule has 1 N–H and O–H groups in total. The van der Waals surface area contributed by atoms with Crippen LogP contribution in [0.25, 0.3) is 0 Å². The molecule has 16 heavy (non-hydrogen) atoms. The number of ether oxygens (including phenoxy) is 1. The van der Waals surface area contributed by atoms with Crippen LogP contribution >= 0.6 is 0 Å². The highest BCUT2D eigenvalue weighted by Crippen LogP contribution is 2.16. The monoisotopic (exact) mass is 226 g/mol. The standard InChI is InChI=1S/C11H18N2O3/c1-8-11(9(2)16-12-8)6-13-3-4-15-10(5-13)7-14/h10,14H,3-7H2,1-2H3. The van der Waals surface area contributed by atoms with Crippen molar-refractivity contribution in [1.82, 2.24) is 10.1 Å². The summed E-state index contributed by atoms with van der Waals surface area (Å²) in [5.74, 6) is 0.879. The first-order valence-corrected chi connectivity index (χ1v) is 5.57. The van der Waals surface area contributed by atoms with E-state index in [4.69, 9.17) is 14.4 Å². The molecule has 1 fully saturated rings. The first-order chi connectivity index (χ1) is 7.70. The van der Waals surface area contributed by atoms with Crippen molar-refractivity contribution in [2.24, 2.45) is 0 Å². The Labute approximate surface area is 95.0 Å². The lowest BCUT2D eigenvalue weighted by molar-refractivity contribution is -0.0552. The Kier molecular flexibility index (Phi) is 3.58. The molecule has 1 aromatic heterocycles. The number of hydrogen-bond acceptors (Lipinski definition) is 5. The normalized spacial score (nSPS) is 22.6. The summed E-state index contributed by atoms with van der Waals surface area (Å²) in [6.07, 6.45) is -0.0609. The number of morpholine rings is 1. The fraction of sp³-hybridized carbons (Fsp3) is 0.727. The fourth-order valence-electron chi connectivity index (χ4n) is 1.99. The van der Waals surface area contributed by atoms with E-state index >= 15 is 0 Å². The lowest BCUT2D eigenvalue weighted by Crippen LogP contribution is -2.43. The van der Waals surface area contributed by atoms with Crippen LogP contribution in [0.3, 0.4) is 0 Å². The van der Waals surface area contributed by atoms with Gasteiger partial charge >= 0.3 is 0 Å². The number of nitrogens with zero attached hydrogens (tertiary/aromatic N) is 2. The molecule has 5 heteroatoms. The van der Waals surface area contributed by atoms with Crippen molar-refractivity contribution in [3.05, 3.63) is 17.0 Å². The Morgan fingerprint density at radius 2 is 2.31 bits per heavy atom. The van der Waals surface area contributed by atoms with Gasteiger partial charge in [-0.1, -0.05) is 5.16 Å². The van der Waals surface area contributed by atoms with Gasteiger partial charge in [-0.2, -0.15) is 0 Å². The molecule has 0 saturated carbocycles. The summed E-state index contributed by atoms with van der Waals surface area (Å²) in [6.45, 7) is 7.12. The molecule has 0 spiro atoms. The van der Waals surface area contributed by atoms with Crippen LogP contribution in [0.15, 0.2) is 4.52 Å². The molecule has 1 aliphatic rings. The van der Waals surface area contributed by atoms with Gasteiger partial charge in [0.25, 0.3) is 0 Å². The van der Waals surface area contributed by atoms with E-state index in [0.29, 0.717) is 6.61 Å². The Morgan fingerprint density at radius 1 is 1.50 bits per heavy atom. The van der Waals surface area contributed by atoms with Gasteiger partial charge in [-0.25, -0.2) is 0 Å². The molecule has 0 amide bonds. The minimum absolute atomic E-state index is 0.0609. The van der Waals surface area contributed by atoms with E-state index in [0.717, 1.165) is 36.7 Å². The molecule has 1 atom stereocenters. The number of aliphatic hydroxyl groups excluding tert-OH is 1. The zero-order chi connectivity index (χ0) is 11.5. The molecule has 5 nitrogen and oxygen atoms in total. The van der Waals surface area contributed by atoms with Crippen molar-refractivity contribution < 1.29 is 14.4 Å². The first kappa shape index (κ1) is 11.6. The van der Waals surface area contributed by atoms with Gasteiger partial charge in [0.1, 0.15) is 5.76 Å². The van der Waals surface area contributed by atoms with Crippen LogP contribution in [0.1, 0.15) is 17.0 Å². The molecule has 0 aromatic carbocycles. The number of rotatable bonds is 3. The van der Waals surface area contributed by atoms with Gasteiger partial charge in [0.2, 0.25) is 0 Å². The van der Waals surface area contributed by atoms with E-state index in [-0.39, 0.29) is 12.7 Å². The van der Waals surface area contributed by atoms with Crippen molar-refractivity contribution in [3.8, 4) is 0 Å². The zero-order valence-electron chi connectivity index (χ0n) is 9.77. The Morgan fingerprint density at radius 3 is 2.94 bits per heavy atom. The highest BCUT2D eigenvalue weighted by Gasteiger charge is 2.21. The molecule has 0 aliphatic carbocycles. The van der Waals surface area contributed by atoms with Crippen LogP contribution in [0.2, 0.25) is 0 Å². The smallest absolute Gasteiger partial charge is 0.138 e. The summed E-state index contributed by atoms with van der Waals surface area (Å²) < 4.78 is 10.5. The third-order valence-corrected chi connectivity index (χ3v) is 2.99. The molecule has 1 saturated heterocycles. The maximum Gasteiger partial charge on any atom is 0.138 e. The molecule has 2 rings (SSSR count). The van der Waals surface area contributed by atoms with Gasteiger partial charge in [-0.05, 0) is 13.8 Å². The number of aryl methyl sites for hydroxylation is 2. The molecule has 2 heterocycles. The van der Waals surface area contributed by atoms with Crippen LogP contribution in [0, 0.1) is 13.8 Å². The average Bonchev–Trinajstić information content (AvgIpc) is 2.61. The average molecular weight is 226 g/mol. The van der Waals surface area contributed by atoms with Crippen molar-refractivity contribution in [2.45, 2.75) is 26.5 Å². The number of aromatic nitrogens is 1. The highest BCUT2D eigenvalue weighted by molar-refractivity contribution is 5.20. The van der Waals surface area contributed by atoms with E-state index < -0.39 is 0 Å². The van der Waals surface area contributed by atoms with E-state index in [1.165, 1.54) is 0 Å². The minimum atomic E-state index is -0.0609. The summed E-state index contributed by atoms with van der Waals surface area (Å²) in [6, 6.07) is 0. The largest absolute Gasteiger partial charge is 0.394 e. The molecule has 90 valence electrons.